The first kappa shape index (κ1) is 15.9. The van der Waals surface area contributed by atoms with Gasteiger partial charge < -0.3 is 10.2 Å². The third-order valence-electron chi connectivity index (χ3n) is 3.96. The van der Waals surface area contributed by atoms with Gasteiger partial charge in [-0.15, -0.1) is 0 Å². The standard InChI is InChI=1S/C18H20FN3S/c19-16-8-10-17(11-9-16)22-14-21(13-20-18(22)23)12-4-7-15-5-2-1-3-6-15/h1-3,5-6,8-11H,4,7,12-14H2,(H,20,23). The SMILES string of the molecule is Fc1ccc(N2CN(CCCc3ccccc3)CNC2=S)cc1. The van der Waals surface area contributed by atoms with Crippen LogP contribution in [-0.2, 0) is 6.42 Å². The fourth-order valence-corrected chi connectivity index (χ4v) is 2.94. The Kier molecular flexibility index (Phi) is 5.20. The van der Waals surface area contributed by atoms with E-state index in [4.69, 9.17) is 12.2 Å². The summed E-state index contributed by atoms with van der Waals surface area (Å²) in [5.74, 6) is -0.232. The number of nitrogens with one attached hydrogen (secondary N) is 1. The third kappa shape index (κ3) is 4.27. The monoisotopic (exact) mass is 329 g/mol. The van der Waals surface area contributed by atoms with Crippen LogP contribution in [0.5, 0.6) is 0 Å². The van der Waals surface area contributed by atoms with Gasteiger partial charge in [-0.05, 0) is 54.9 Å². The second-order valence-electron chi connectivity index (χ2n) is 5.67. The number of hydrogen-bond acceptors (Lipinski definition) is 2. The topological polar surface area (TPSA) is 18.5 Å². The highest BCUT2D eigenvalue weighted by Crippen LogP contribution is 2.18. The molecule has 1 fully saturated rings. The van der Waals surface area contributed by atoms with Crippen molar-refractivity contribution in [1.29, 1.82) is 0 Å². The summed E-state index contributed by atoms with van der Waals surface area (Å²) in [7, 11) is 0. The van der Waals surface area contributed by atoms with Crippen LogP contribution in [0.15, 0.2) is 54.6 Å². The predicted octanol–water partition coefficient (Wildman–Crippen LogP) is 3.37. The lowest BCUT2D eigenvalue weighted by molar-refractivity contribution is 0.258. The molecule has 0 spiro atoms. The average molecular weight is 329 g/mol. The van der Waals surface area contributed by atoms with Crippen molar-refractivity contribution in [2.45, 2.75) is 12.8 Å². The Morgan fingerprint density at radius 1 is 1.04 bits per heavy atom. The molecule has 3 nitrogen and oxygen atoms in total. The molecular weight excluding hydrogens is 309 g/mol. The van der Waals surface area contributed by atoms with Gasteiger partial charge in [0.2, 0.25) is 0 Å². The molecule has 5 heteroatoms. The minimum Gasteiger partial charge on any atom is -0.349 e. The Morgan fingerprint density at radius 3 is 2.52 bits per heavy atom. The van der Waals surface area contributed by atoms with Crippen molar-refractivity contribution in [1.82, 2.24) is 10.2 Å². The first-order valence-corrected chi connectivity index (χ1v) is 8.20. The zero-order valence-corrected chi connectivity index (χ0v) is 13.7. The molecule has 0 aromatic heterocycles. The summed E-state index contributed by atoms with van der Waals surface area (Å²) in [4.78, 5) is 4.31. The Morgan fingerprint density at radius 2 is 1.78 bits per heavy atom. The van der Waals surface area contributed by atoms with Gasteiger partial charge in [0, 0.05) is 12.2 Å². The predicted molar refractivity (Wildman–Crippen MR) is 95.8 cm³/mol. The molecule has 0 saturated carbocycles. The van der Waals surface area contributed by atoms with Gasteiger partial charge >= 0.3 is 0 Å². The Bertz CT molecular complexity index is 645. The first-order valence-electron chi connectivity index (χ1n) is 7.79. The van der Waals surface area contributed by atoms with Gasteiger partial charge in [0.15, 0.2) is 5.11 Å². The van der Waals surface area contributed by atoms with Crippen LogP contribution in [0.4, 0.5) is 10.1 Å². The largest absolute Gasteiger partial charge is 0.349 e. The average Bonchev–Trinajstić information content (AvgIpc) is 2.58. The molecule has 0 aliphatic carbocycles. The normalized spacial score (nSPS) is 15.5. The van der Waals surface area contributed by atoms with E-state index in [1.165, 1.54) is 17.7 Å². The van der Waals surface area contributed by atoms with Gasteiger partial charge in [0.1, 0.15) is 5.82 Å². The van der Waals surface area contributed by atoms with E-state index in [1.807, 2.05) is 11.0 Å². The highest BCUT2D eigenvalue weighted by Gasteiger charge is 2.21. The van der Waals surface area contributed by atoms with E-state index >= 15 is 0 Å². The van der Waals surface area contributed by atoms with Crippen molar-refractivity contribution in [2.24, 2.45) is 0 Å². The smallest absolute Gasteiger partial charge is 0.175 e. The second kappa shape index (κ2) is 7.53. The number of aryl methyl sites for hydroxylation is 1. The number of rotatable bonds is 5. The molecule has 0 amide bonds. The van der Waals surface area contributed by atoms with Crippen molar-refractivity contribution in [3.63, 3.8) is 0 Å². The Balaban J connectivity index is 1.55. The molecule has 1 aliphatic rings. The quantitative estimate of drug-likeness (QED) is 0.848. The molecule has 2 aromatic rings. The maximum absolute atomic E-state index is 13.1. The van der Waals surface area contributed by atoms with Gasteiger partial charge in [-0.3, -0.25) is 4.90 Å². The molecule has 1 N–H and O–H groups in total. The summed E-state index contributed by atoms with van der Waals surface area (Å²) < 4.78 is 13.1. The molecule has 1 aliphatic heterocycles. The minimum absolute atomic E-state index is 0.232. The lowest BCUT2D eigenvalue weighted by atomic mass is 10.1. The number of thiocarbonyl (C=S) groups is 1. The maximum atomic E-state index is 13.1. The number of hydrogen-bond donors (Lipinski definition) is 1. The fraction of sp³-hybridized carbons (Fsp3) is 0.278. The Hall–Kier alpha value is -1.98. The highest BCUT2D eigenvalue weighted by molar-refractivity contribution is 7.80. The van der Waals surface area contributed by atoms with E-state index in [0.717, 1.165) is 38.4 Å². The molecule has 0 atom stereocenters. The zero-order valence-electron chi connectivity index (χ0n) is 12.9. The molecular formula is C18H20FN3S. The van der Waals surface area contributed by atoms with Crippen LogP contribution in [0.1, 0.15) is 12.0 Å². The molecule has 1 saturated heterocycles. The van der Waals surface area contributed by atoms with Gasteiger partial charge in [-0.25, -0.2) is 4.39 Å². The highest BCUT2D eigenvalue weighted by atomic mass is 32.1. The summed E-state index contributed by atoms with van der Waals surface area (Å²) in [5, 5.41) is 3.92. The van der Waals surface area contributed by atoms with Gasteiger partial charge in [0.05, 0.1) is 13.3 Å². The molecule has 1 heterocycles. The molecule has 0 unspecified atom stereocenters. The molecule has 3 rings (SSSR count). The summed E-state index contributed by atoms with van der Waals surface area (Å²) in [6.45, 7) is 2.47. The van der Waals surface area contributed by atoms with Crippen molar-refractivity contribution >= 4 is 23.0 Å². The summed E-state index contributed by atoms with van der Waals surface area (Å²) >= 11 is 5.38. The maximum Gasteiger partial charge on any atom is 0.175 e. The van der Waals surface area contributed by atoms with Crippen LogP contribution in [-0.4, -0.2) is 29.9 Å². The fourth-order valence-electron chi connectivity index (χ4n) is 2.71. The van der Waals surface area contributed by atoms with E-state index < -0.39 is 0 Å². The first-order chi connectivity index (χ1) is 11.2. The number of benzene rings is 2. The lowest BCUT2D eigenvalue weighted by Crippen LogP contribution is -2.56. The third-order valence-corrected chi connectivity index (χ3v) is 4.33. The van der Waals surface area contributed by atoms with Crippen molar-refractivity contribution in [2.75, 3.05) is 24.8 Å². The summed E-state index contributed by atoms with van der Waals surface area (Å²) in [6, 6.07) is 17.0. The summed E-state index contributed by atoms with van der Waals surface area (Å²) in [6.07, 6.45) is 2.16. The van der Waals surface area contributed by atoms with Crippen LogP contribution in [0.3, 0.4) is 0 Å². The van der Waals surface area contributed by atoms with Gasteiger partial charge in [0.25, 0.3) is 0 Å². The zero-order chi connectivity index (χ0) is 16.1. The van der Waals surface area contributed by atoms with E-state index in [9.17, 15) is 4.39 Å². The van der Waals surface area contributed by atoms with E-state index in [-0.39, 0.29) is 5.82 Å². The van der Waals surface area contributed by atoms with Crippen molar-refractivity contribution in [3.8, 4) is 0 Å². The van der Waals surface area contributed by atoms with E-state index in [2.05, 4.69) is 34.5 Å². The Labute approximate surface area is 141 Å². The van der Waals surface area contributed by atoms with Crippen molar-refractivity contribution in [3.05, 3.63) is 66.0 Å². The van der Waals surface area contributed by atoms with Crippen LogP contribution < -0.4 is 10.2 Å². The van der Waals surface area contributed by atoms with E-state index in [0.29, 0.717) is 5.11 Å². The van der Waals surface area contributed by atoms with Crippen molar-refractivity contribution < 1.29 is 4.39 Å². The van der Waals surface area contributed by atoms with Gasteiger partial charge in [-0.1, -0.05) is 30.3 Å². The van der Waals surface area contributed by atoms with Crippen LogP contribution in [0.2, 0.25) is 0 Å². The number of nitrogens with zero attached hydrogens (tertiary/aromatic N) is 2. The molecule has 0 bridgehead atoms. The molecule has 23 heavy (non-hydrogen) atoms. The van der Waals surface area contributed by atoms with Crippen LogP contribution in [0, 0.1) is 5.82 Å². The minimum atomic E-state index is -0.232. The van der Waals surface area contributed by atoms with E-state index in [1.54, 1.807) is 12.1 Å². The molecule has 0 radical (unpaired) electrons. The number of halogens is 1. The van der Waals surface area contributed by atoms with Crippen LogP contribution >= 0.6 is 12.2 Å². The number of anilines is 1. The van der Waals surface area contributed by atoms with Crippen LogP contribution in [0.25, 0.3) is 0 Å². The molecule has 120 valence electrons. The second-order valence-corrected chi connectivity index (χ2v) is 6.06. The summed E-state index contributed by atoms with van der Waals surface area (Å²) in [5.41, 5.74) is 2.28. The lowest BCUT2D eigenvalue weighted by Gasteiger charge is -2.38. The van der Waals surface area contributed by atoms with Gasteiger partial charge in [-0.2, -0.15) is 0 Å². The molecule has 2 aromatic carbocycles.